The van der Waals surface area contributed by atoms with Gasteiger partial charge in [-0.05, 0) is 30.5 Å². The normalized spacial score (nSPS) is 24.2. The molecule has 1 N–H and O–H groups in total. The van der Waals surface area contributed by atoms with E-state index in [-0.39, 0.29) is 5.41 Å². The van der Waals surface area contributed by atoms with Crippen LogP contribution in [0.25, 0.3) is 0 Å². The van der Waals surface area contributed by atoms with E-state index in [1.165, 1.54) is 5.56 Å². The van der Waals surface area contributed by atoms with Gasteiger partial charge in [0.05, 0.1) is 0 Å². The summed E-state index contributed by atoms with van der Waals surface area (Å²) in [5.41, 5.74) is 3.48. The molecule has 0 radical (unpaired) electrons. The van der Waals surface area contributed by atoms with Crippen molar-refractivity contribution in [3.8, 4) is 0 Å². The number of rotatable bonds is 1. The maximum absolute atomic E-state index is 5.97. The van der Waals surface area contributed by atoms with Gasteiger partial charge in [-0.3, -0.25) is 0 Å². The largest absolute Gasteiger partial charge is 0.358 e. The first-order valence-corrected chi connectivity index (χ1v) is 5.60. The molecule has 80 valence electrons. The fourth-order valence-corrected chi connectivity index (χ4v) is 2.36. The Balaban J connectivity index is 2.60. The second-order valence-electron chi connectivity index (χ2n) is 4.65. The molecule has 0 saturated carbocycles. The third-order valence-corrected chi connectivity index (χ3v) is 3.84. The summed E-state index contributed by atoms with van der Waals surface area (Å²) in [4.78, 5) is 0. The lowest BCUT2D eigenvalue weighted by Gasteiger charge is -2.30. The van der Waals surface area contributed by atoms with Crippen LogP contribution in [0.3, 0.4) is 0 Å². The molecule has 0 saturated heterocycles. The molecule has 1 heterocycles. The highest BCUT2D eigenvalue weighted by atomic mass is 35.5. The highest BCUT2D eigenvalue weighted by molar-refractivity contribution is 6.30. The monoisotopic (exact) mass is 221 g/mol. The molecule has 1 aromatic rings. The van der Waals surface area contributed by atoms with Gasteiger partial charge in [-0.2, -0.15) is 0 Å². The van der Waals surface area contributed by atoms with Crippen molar-refractivity contribution in [3.05, 3.63) is 41.1 Å². The Hall–Kier alpha value is -0.950. The lowest BCUT2D eigenvalue weighted by atomic mass is 9.73. The molecule has 0 spiro atoms. The number of nitrogens with one attached hydrogen (secondary N) is 1. The highest BCUT2D eigenvalue weighted by Crippen LogP contribution is 2.47. The van der Waals surface area contributed by atoms with E-state index >= 15 is 0 Å². The van der Waals surface area contributed by atoms with Crippen molar-refractivity contribution in [2.45, 2.75) is 26.2 Å². The first kappa shape index (κ1) is 10.6. The van der Waals surface area contributed by atoms with Gasteiger partial charge < -0.3 is 5.32 Å². The van der Waals surface area contributed by atoms with E-state index in [0.29, 0.717) is 5.92 Å². The Morgan fingerprint density at radius 1 is 1.40 bits per heavy atom. The smallest absolute Gasteiger partial charge is 0.0439 e. The second kappa shape index (κ2) is 3.28. The van der Waals surface area contributed by atoms with E-state index in [4.69, 9.17) is 11.6 Å². The summed E-state index contributed by atoms with van der Waals surface area (Å²) in [6, 6.07) is 6.01. The van der Waals surface area contributed by atoms with Crippen LogP contribution >= 0.6 is 11.6 Å². The van der Waals surface area contributed by atoms with Gasteiger partial charge in [0.25, 0.3) is 0 Å². The molecule has 2 heteroatoms. The maximum atomic E-state index is 5.97. The minimum Gasteiger partial charge on any atom is -0.358 e. The average Bonchev–Trinajstić information content (AvgIpc) is 2.39. The summed E-state index contributed by atoms with van der Waals surface area (Å²) in [5, 5.41) is 4.10. The first-order valence-electron chi connectivity index (χ1n) is 5.22. The fourth-order valence-electron chi connectivity index (χ4n) is 2.19. The van der Waals surface area contributed by atoms with Gasteiger partial charge in [0.15, 0.2) is 0 Å². The number of hydrogen-bond donors (Lipinski definition) is 1. The predicted molar refractivity (Wildman–Crippen MR) is 66.4 cm³/mol. The standard InChI is InChI=1S/C13H16ClN/c1-8(2)13(4)9(3)15-12-7-10(14)5-6-11(12)13/h5-8,15H,3H2,1-2,4H3/t13-/m0/s1. The zero-order valence-electron chi connectivity index (χ0n) is 9.39. The Bertz CT molecular complexity index is 423. The van der Waals surface area contributed by atoms with Gasteiger partial charge in [-0.25, -0.2) is 0 Å². The van der Waals surface area contributed by atoms with Crippen LogP contribution in [0.15, 0.2) is 30.5 Å². The van der Waals surface area contributed by atoms with Gasteiger partial charge in [0.1, 0.15) is 0 Å². The summed E-state index contributed by atoms with van der Waals surface area (Å²) in [5.74, 6) is 0.514. The fraction of sp³-hybridized carbons (Fsp3) is 0.385. The van der Waals surface area contributed by atoms with E-state index in [1.807, 2.05) is 12.1 Å². The molecule has 1 aliphatic heterocycles. The molecule has 15 heavy (non-hydrogen) atoms. The molecular formula is C13H16ClN. The first-order chi connectivity index (χ1) is 6.96. The summed E-state index contributed by atoms with van der Waals surface area (Å²) in [7, 11) is 0. The molecule has 1 aliphatic rings. The third kappa shape index (κ3) is 1.37. The molecule has 1 atom stereocenters. The van der Waals surface area contributed by atoms with Crippen molar-refractivity contribution in [2.24, 2.45) is 5.92 Å². The van der Waals surface area contributed by atoms with Crippen molar-refractivity contribution in [1.82, 2.24) is 0 Å². The van der Waals surface area contributed by atoms with Crippen molar-refractivity contribution in [2.75, 3.05) is 5.32 Å². The maximum Gasteiger partial charge on any atom is 0.0439 e. The zero-order valence-corrected chi connectivity index (χ0v) is 10.2. The molecule has 1 nitrogen and oxygen atoms in total. The average molecular weight is 222 g/mol. The van der Waals surface area contributed by atoms with Crippen LogP contribution in [-0.2, 0) is 5.41 Å². The Kier molecular flexibility index (Phi) is 2.31. The number of anilines is 1. The lowest BCUT2D eigenvalue weighted by molar-refractivity contribution is 0.412. The molecular weight excluding hydrogens is 206 g/mol. The summed E-state index contributed by atoms with van der Waals surface area (Å²) in [6.07, 6.45) is 0. The van der Waals surface area contributed by atoms with Crippen LogP contribution in [0.4, 0.5) is 5.69 Å². The minimum absolute atomic E-state index is 0.0138. The molecule has 0 aliphatic carbocycles. The van der Waals surface area contributed by atoms with Crippen molar-refractivity contribution >= 4 is 17.3 Å². The Morgan fingerprint density at radius 2 is 2.07 bits per heavy atom. The van der Waals surface area contributed by atoms with E-state index in [2.05, 4.69) is 38.7 Å². The number of fused-ring (bicyclic) bond motifs is 1. The molecule has 0 unspecified atom stereocenters. The number of hydrogen-bond acceptors (Lipinski definition) is 1. The molecule has 0 amide bonds. The van der Waals surface area contributed by atoms with Crippen LogP contribution in [0, 0.1) is 5.92 Å². The molecule has 0 fully saturated rings. The van der Waals surface area contributed by atoms with Gasteiger partial charge >= 0.3 is 0 Å². The van der Waals surface area contributed by atoms with Crippen molar-refractivity contribution in [3.63, 3.8) is 0 Å². The highest BCUT2D eigenvalue weighted by Gasteiger charge is 2.40. The summed E-state index contributed by atoms with van der Waals surface area (Å²) in [6.45, 7) is 10.8. The van der Waals surface area contributed by atoms with Crippen LogP contribution in [0.2, 0.25) is 5.02 Å². The predicted octanol–water partition coefficient (Wildman–Crippen LogP) is 4.19. The van der Waals surface area contributed by atoms with Crippen LogP contribution in [0.5, 0.6) is 0 Å². The zero-order chi connectivity index (χ0) is 11.2. The molecule has 2 rings (SSSR count). The quantitative estimate of drug-likeness (QED) is 0.750. The molecule has 0 bridgehead atoms. The summed E-state index contributed by atoms with van der Waals surface area (Å²) < 4.78 is 0. The van der Waals surface area contributed by atoms with Crippen LogP contribution in [-0.4, -0.2) is 0 Å². The van der Waals surface area contributed by atoms with E-state index < -0.39 is 0 Å². The Morgan fingerprint density at radius 3 is 2.67 bits per heavy atom. The van der Waals surface area contributed by atoms with Crippen molar-refractivity contribution < 1.29 is 0 Å². The van der Waals surface area contributed by atoms with E-state index in [9.17, 15) is 0 Å². The topological polar surface area (TPSA) is 12.0 Å². The Labute approximate surface area is 96.1 Å². The number of allylic oxidation sites excluding steroid dienone is 1. The third-order valence-electron chi connectivity index (χ3n) is 3.61. The van der Waals surface area contributed by atoms with Gasteiger partial charge in [-0.1, -0.05) is 38.1 Å². The van der Waals surface area contributed by atoms with Gasteiger partial charge in [0.2, 0.25) is 0 Å². The van der Waals surface area contributed by atoms with Crippen LogP contribution in [0.1, 0.15) is 26.3 Å². The molecule has 1 aromatic carbocycles. The van der Waals surface area contributed by atoms with E-state index in [0.717, 1.165) is 16.4 Å². The lowest BCUT2D eigenvalue weighted by Crippen LogP contribution is -2.28. The minimum atomic E-state index is 0.0138. The SMILES string of the molecule is C=C1Nc2cc(Cl)ccc2[C@@]1(C)C(C)C. The van der Waals surface area contributed by atoms with Gasteiger partial charge in [-0.15, -0.1) is 0 Å². The summed E-state index contributed by atoms with van der Waals surface area (Å²) >= 11 is 5.97. The van der Waals surface area contributed by atoms with Crippen molar-refractivity contribution in [1.29, 1.82) is 0 Å². The van der Waals surface area contributed by atoms with Gasteiger partial charge in [0, 0.05) is 21.8 Å². The second-order valence-corrected chi connectivity index (χ2v) is 5.09. The number of halogens is 1. The van der Waals surface area contributed by atoms with Crippen LogP contribution < -0.4 is 5.32 Å². The number of benzene rings is 1. The van der Waals surface area contributed by atoms with E-state index in [1.54, 1.807) is 0 Å². The molecule has 0 aromatic heterocycles.